The summed E-state index contributed by atoms with van der Waals surface area (Å²) in [4.78, 5) is 19.3. The zero-order chi connectivity index (χ0) is 26.8. The number of benzene rings is 2. The van der Waals surface area contributed by atoms with E-state index in [0.717, 1.165) is 5.56 Å². The van der Waals surface area contributed by atoms with Gasteiger partial charge >= 0.3 is 0 Å². The van der Waals surface area contributed by atoms with Gasteiger partial charge in [0.1, 0.15) is 5.75 Å². The number of ether oxygens (including phenoxy) is 1. The highest BCUT2D eigenvalue weighted by Gasteiger charge is 2.33. The Morgan fingerprint density at radius 2 is 1.70 bits per heavy atom. The molecule has 1 amide bonds. The van der Waals surface area contributed by atoms with Crippen LogP contribution in [0.15, 0.2) is 57.9 Å². The maximum atomic E-state index is 13.1. The molecule has 1 aliphatic heterocycles. The van der Waals surface area contributed by atoms with Crippen LogP contribution in [0.2, 0.25) is 0 Å². The number of carbonyl (C=O) groups excluding carboxylic acids is 1. The van der Waals surface area contributed by atoms with Crippen molar-refractivity contribution >= 4 is 15.9 Å². The molecule has 0 aliphatic carbocycles. The summed E-state index contributed by atoms with van der Waals surface area (Å²) in [6.07, 6.45) is 0.904. The highest BCUT2D eigenvalue weighted by Crippen LogP contribution is 2.27. The van der Waals surface area contributed by atoms with E-state index in [-0.39, 0.29) is 41.8 Å². The van der Waals surface area contributed by atoms with Crippen LogP contribution in [-0.4, -0.2) is 60.9 Å². The molecule has 0 saturated carbocycles. The molecular formula is C27H34N4O5S. The van der Waals surface area contributed by atoms with E-state index in [9.17, 15) is 13.2 Å². The van der Waals surface area contributed by atoms with E-state index in [1.165, 1.54) is 29.1 Å². The summed E-state index contributed by atoms with van der Waals surface area (Å²) in [5, 5.41) is 4.07. The minimum atomic E-state index is -3.62. The van der Waals surface area contributed by atoms with E-state index in [1.54, 1.807) is 24.1 Å². The van der Waals surface area contributed by atoms with Crippen molar-refractivity contribution in [3.05, 3.63) is 60.0 Å². The number of hydrogen-bond acceptors (Lipinski definition) is 7. The average molecular weight is 527 g/mol. The third-order valence-corrected chi connectivity index (χ3v) is 8.64. The van der Waals surface area contributed by atoms with Crippen LogP contribution in [0.5, 0.6) is 5.75 Å². The molecule has 1 aliphatic rings. The Hall–Kier alpha value is -3.24. The zero-order valence-electron chi connectivity index (χ0n) is 22.0. The molecule has 0 bridgehead atoms. The molecule has 198 valence electrons. The van der Waals surface area contributed by atoms with E-state index in [4.69, 9.17) is 9.26 Å². The van der Waals surface area contributed by atoms with E-state index in [2.05, 4.69) is 43.0 Å². The van der Waals surface area contributed by atoms with Crippen LogP contribution in [0.25, 0.3) is 11.4 Å². The molecule has 0 spiro atoms. The SMILES string of the molecule is COc1ccc(S(=O)(=O)N2CCC(C(=O)N(C)Cc3nc(-c4ccc(C(C)(C)C)cc4)no3)CC2)cc1. The summed E-state index contributed by atoms with van der Waals surface area (Å²) < 4.78 is 37.9. The van der Waals surface area contributed by atoms with Crippen molar-refractivity contribution in [1.29, 1.82) is 0 Å². The van der Waals surface area contributed by atoms with Crippen molar-refractivity contribution in [3.8, 4) is 17.1 Å². The largest absolute Gasteiger partial charge is 0.497 e. The minimum absolute atomic E-state index is 0.0556. The third kappa shape index (κ3) is 6.02. The fourth-order valence-electron chi connectivity index (χ4n) is 4.39. The minimum Gasteiger partial charge on any atom is -0.497 e. The van der Waals surface area contributed by atoms with Gasteiger partial charge in [0.2, 0.25) is 27.6 Å². The van der Waals surface area contributed by atoms with Crippen LogP contribution >= 0.6 is 0 Å². The summed E-state index contributed by atoms with van der Waals surface area (Å²) >= 11 is 0. The second kappa shape index (κ2) is 10.6. The van der Waals surface area contributed by atoms with Crippen LogP contribution in [0, 0.1) is 5.92 Å². The second-order valence-corrected chi connectivity index (χ2v) is 12.3. The Bertz CT molecular complexity index is 1320. The number of nitrogens with zero attached hydrogens (tertiary/aromatic N) is 4. The van der Waals surface area contributed by atoms with Gasteiger partial charge in [-0.25, -0.2) is 8.42 Å². The number of aromatic nitrogens is 2. The van der Waals surface area contributed by atoms with Crippen LogP contribution < -0.4 is 4.74 Å². The predicted octanol–water partition coefficient (Wildman–Crippen LogP) is 4.10. The Kier molecular flexibility index (Phi) is 7.70. The van der Waals surface area contributed by atoms with Gasteiger partial charge in [0.05, 0.1) is 18.6 Å². The highest BCUT2D eigenvalue weighted by molar-refractivity contribution is 7.89. The maximum Gasteiger partial charge on any atom is 0.246 e. The summed E-state index contributed by atoms with van der Waals surface area (Å²) in [5.41, 5.74) is 2.12. The monoisotopic (exact) mass is 526 g/mol. The number of rotatable bonds is 7. The van der Waals surface area contributed by atoms with Crippen LogP contribution in [0.3, 0.4) is 0 Å². The fraction of sp³-hybridized carbons (Fsp3) is 0.444. The van der Waals surface area contributed by atoms with Gasteiger partial charge in [-0.3, -0.25) is 4.79 Å². The Balaban J connectivity index is 1.33. The summed E-state index contributed by atoms with van der Waals surface area (Å²) in [5.74, 6) is 1.10. The summed E-state index contributed by atoms with van der Waals surface area (Å²) in [6, 6.07) is 14.4. The first kappa shape index (κ1) is 26.8. The number of sulfonamides is 1. The molecule has 4 rings (SSSR count). The number of hydrogen-bond donors (Lipinski definition) is 0. The fourth-order valence-corrected chi connectivity index (χ4v) is 5.86. The van der Waals surface area contributed by atoms with Crippen LogP contribution in [0.4, 0.5) is 0 Å². The van der Waals surface area contributed by atoms with E-state index in [1.807, 2.05) is 12.1 Å². The quantitative estimate of drug-likeness (QED) is 0.456. The molecule has 0 unspecified atom stereocenters. The van der Waals surface area contributed by atoms with E-state index in [0.29, 0.717) is 30.3 Å². The smallest absolute Gasteiger partial charge is 0.246 e. The van der Waals surface area contributed by atoms with Crippen molar-refractivity contribution in [1.82, 2.24) is 19.3 Å². The van der Waals surface area contributed by atoms with Gasteiger partial charge in [-0.1, -0.05) is 50.2 Å². The van der Waals surface area contributed by atoms with Crippen molar-refractivity contribution < 1.29 is 22.5 Å². The number of amides is 1. The first-order valence-electron chi connectivity index (χ1n) is 12.3. The zero-order valence-corrected chi connectivity index (χ0v) is 22.8. The topological polar surface area (TPSA) is 106 Å². The standard InChI is InChI=1S/C27H34N4O5S/c1-27(2,3)21-8-6-19(7-9-21)25-28-24(36-29-25)18-30(4)26(32)20-14-16-31(17-15-20)37(33,34)23-12-10-22(35-5)11-13-23/h6-13,20H,14-18H2,1-5H3. The summed E-state index contributed by atoms with van der Waals surface area (Å²) in [7, 11) is -0.388. The normalized spacial score (nSPS) is 15.5. The Morgan fingerprint density at radius 1 is 1.08 bits per heavy atom. The summed E-state index contributed by atoms with van der Waals surface area (Å²) in [6.45, 7) is 7.24. The van der Waals surface area contributed by atoms with Gasteiger partial charge in [0.25, 0.3) is 0 Å². The van der Waals surface area contributed by atoms with Crippen molar-refractivity contribution in [3.63, 3.8) is 0 Å². The molecule has 2 heterocycles. The second-order valence-electron chi connectivity index (χ2n) is 10.4. The third-order valence-electron chi connectivity index (χ3n) is 6.73. The lowest BCUT2D eigenvalue weighted by Crippen LogP contribution is -2.43. The molecule has 0 N–H and O–H groups in total. The molecule has 1 fully saturated rings. The van der Waals surface area contributed by atoms with Gasteiger partial charge in [0, 0.05) is 31.6 Å². The molecule has 0 radical (unpaired) electrons. The van der Waals surface area contributed by atoms with Crippen LogP contribution in [-0.2, 0) is 26.8 Å². The van der Waals surface area contributed by atoms with E-state index < -0.39 is 10.0 Å². The molecular weight excluding hydrogens is 492 g/mol. The molecule has 0 atom stereocenters. The van der Waals surface area contributed by atoms with Gasteiger partial charge in [-0.15, -0.1) is 0 Å². The molecule has 1 saturated heterocycles. The predicted molar refractivity (Wildman–Crippen MR) is 139 cm³/mol. The lowest BCUT2D eigenvalue weighted by molar-refractivity contribution is -0.136. The number of methoxy groups -OCH3 is 1. The molecule has 1 aromatic heterocycles. The van der Waals surface area contributed by atoms with Gasteiger partial charge in [0.15, 0.2) is 0 Å². The number of piperidine rings is 1. The molecule has 3 aromatic rings. The first-order valence-corrected chi connectivity index (χ1v) is 13.8. The molecule has 2 aromatic carbocycles. The molecule has 9 nitrogen and oxygen atoms in total. The van der Waals surface area contributed by atoms with Crippen molar-refractivity contribution in [2.45, 2.75) is 50.5 Å². The van der Waals surface area contributed by atoms with Crippen LogP contribution in [0.1, 0.15) is 45.1 Å². The van der Waals surface area contributed by atoms with Gasteiger partial charge in [-0.05, 0) is 48.1 Å². The Morgan fingerprint density at radius 3 is 2.27 bits per heavy atom. The average Bonchev–Trinajstić information content (AvgIpc) is 3.36. The lowest BCUT2D eigenvalue weighted by atomic mass is 9.87. The van der Waals surface area contributed by atoms with Gasteiger partial charge in [-0.2, -0.15) is 9.29 Å². The Labute approximate surface area is 218 Å². The van der Waals surface area contributed by atoms with E-state index >= 15 is 0 Å². The van der Waals surface area contributed by atoms with Crippen molar-refractivity contribution in [2.75, 3.05) is 27.2 Å². The van der Waals surface area contributed by atoms with Crippen molar-refractivity contribution in [2.24, 2.45) is 5.92 Å². The highest BCUT2D eigenvalue weighted by atomic mass is 32.2. The maximum absolute atomic E-state index is 13.1. The number of carbonyl (C=O) groups is 1. The first-order chi connectivity index (χ1) is 17.5. The van der Waals surface area contributed by atoms with Gasteiger partial charge < -0.3 is 14.2 Å². The lowest BCUT2D eigenvalue weighted by Gasteiger charge is -2.32. The molecule has 37 heavy (non-hydrogen) atoms. The molecule has 10 heteroatoms.